The minimum Gasteiger partial charge on any atom is -0.466 e. The van der Waals surface area contributed by atoms with Gasteiger partial charge in [0.15, 0.2) is 5.82 Å². The van der Waals surface area contributed by atoms with Crippen LogP contribution in [-0.4, -0.2) is 16.1 Å². The molecule has 2 rings (SSSR count). The Hall–Kier alpha value is -2.04. The molecule has 5 nitrogen and oxygen atoms in total. The number of aromatic nitrogens is 2. The van der Waals surface area contributed by atoms with Crippen LogP contribution in [0.3, 0.4) is 0 Å². The highest BCUT2D eigenvalue weighted by atomic mass is 16.3. The van der Waals surface area contributed by atoms with E-state index in [9.17, 15) is 4.79 Å². The van der Waals surface area contributed by atoms with Gasteiger partial charge in [0.1, 0.15) is 11.5 Å². The molecule has 0 aromatic carbocycles. The van der Waals surface area contributed by atoms with Crippen LogP contribution in [0.1, 0.15) is 33.1 Å². The average molecular weight is 233 g/mol. The SMILES string of the molecule is Cc1cc(C(=O)Nc2n[nH]c(C)c2C)c(C)o1. The summed E-state index contributed by atoms with van der Waals surface area (Å²) in [5.41, 5.74) is 2.43. The standard InChI is InChI=1S/C12H15N3O2/c1-6-5-10(9(4)17-6)12(16)13-11-7(2)8(3)14-15-11/h5H,1-4H3,(H2,13,14,15,16). The highest BCUT2D eigenvalue weighted by Gasteiger charge is 2.16. The number of furan rings is 1. The zero-order valence-electron chi connectivity index (χ0n) is 10.3. The van der Waals surface area contributed by atoms with Gasteiger partial charge in [-0.15, -0.1) is 0 Å². The molecule has 0 unspecified atom stereocenters. The Morgan fingerprint density at radius 2 is 2.06 bits per heavy atom. The number of H-pyrrole nitrogens is 1. The number of carbonyl (C=O) groups excluding carboxylic acids is 1. The molecule has 1 amide bonds. The van der Waals surface area contributed by atoms with Gasteiger partial charge in [-0.25, -0.2) is 0 Å². The third-order valence-electron chi connectivity index (χ3n) is 2.77. The lowest BCUT2D eigenvalue weighted by Gasteiger charge is -2.01. The van der Waals surface area contributed by atoms with Gasteiger partial charge in [-0.2, -0.15) is 5.10 Å². The van der Waals surface area contributed by atoms with Crippen molar-refractivity contribution in [2.75, 3.05) is 5.32 Å². The minimum atomic E-state index is -0.200. The molecule has 0 bridgehead atoms. The zero-order valence-corrected chi connectivity index (χ0v) is 10.3. The average Bonchev–Trinajstić information content (AvgIpc) is 2.75. The Bertz CT molecular complexity index is 566. The van der Waals surface area contributed by atoms with Gasteiger partial charge in [0.2, 0.25) is 0 Å². The predicted octanol–water partition coefficient (Wildman–Crippen LogP) is 2.49. The maximum Gasteiger partial charge on any atom is 0.260 e. The molecule has 17 heavy (non-hydrogen) atoms. The van der Waals surface area contributed by atoms with E-state index in [1.54, 1.807) is 13.0 Å². The van der Waals surface area contributed by atoms with Crippen molar-refractivity contribution in [3.8, 4) is 0 Å². The quantitative estimate of drug-likeness (QED) is 0.837. The van der Waals surface area contributed by atoms with Crippen molar-refractivity contribution in [2.24, 2.45) is 0 Å². The maximum atomic E-state index is 12.0. The molecule has 0 fully saturated rings. The number of aryl methyl sites for hydroxylation is 3. The fourth-order valence-electron chi connectivity index (χ4n) is 1.64. The fraction of sp³-hybridized carbons (Fsp3) is 0.333. The molecule has 2 N–H and O–H groups in total. The zero-order chi connectivity index (χ0) is 12.6. The second-order valence-electron chi connectivity index (χ2n) is 4.10. The summed E-state index contributed by atoms with van der Waals surface area (Å²) in [6, 6.07) is 1.72. The van der Waals surface area contributed by atoms with Gasteiger partial charge in [0.25, 0.3) is 5.91 Å². The van der Waals surface area contributed by atoms with Gasteiger partial charge >= 0.3 is 0 Å². The number of rotatable bonds is 2. The first-order valence-electron chi connectivity index (χ1n) is 5.39. The van der Waals surface area contributed by atoms with Crippen molar-refractivity contribution in [2.45, 2.75) is 27.7 Å². The van der Waals surface area contributed by atoms with E-state index < -0.39 is 0 Å². The summed E-state index contributed by atoms with van der Waals surface area (Å²) < 4.78 is 5.32. The molecule has 0 aliphatic rings. The largest absolute Gasteiger partial charge is 0.466 e. The molecule has 0 atom stereocenters. The van der Waals surface area contributed by atoms with Crippen molar-refractivity contribution in [3.63, 3.8) is 0 Å². The molecular weight excluding hydrogens is 218 g/mol. The van der Waals surface area contributed by atoms with Crippen LogP contribution in [-0.2, 0) is 0 Å². The van der Waals surface area contributed by atoms with E-state index in [0.29, 0.717) is 17.1 Å². The number of carbonyl (C=O) groups is 1. The molecule has 0 aliphatic carbocycles. The minimum absolute atomic E-state index is 0.200. The van der Waals surface area contributed by atoms with E-state index >= 15 is 0 Å². The second-order valence-corrected chi connectivity index (χ2v) is 4.10. The van der Waals surface area contributed by atoms with Crippen LogP contribution in [0.4, 0.5) is 5.82 Å². The number of amides is 1. The Morgan fingerprint density at radius 3 is 2.53 bits per heavy atom. The normalized spacial score (nSPS) is 10.6. The van der Waals surface area contributed by atoms with Gasteiger partial charge in [0, 0.05) is 11.3 Å². The molecule has 0 saturated carbocycles. The van der Waals surface area contributed by atoms with Crippen LogP contribution in [0.2, 0.25) is 0 Å². The third-order valence-corrected chi connectivity index (χ3v) is 2.77. The molecule has 90 valence electrons. The lowest BCUT2D eigenvalue weighted by molar-refractivity contribution is 0.102. The van der Waals surface area contributed by atoms with Crippen LogP contribution in [0, 0.1) is 27.7 Å². The number of hydrogen-bond acceptors (Lipinski definition) is 3. The topological polar surface area (TPSA) is 70.9 Å². The van der Waals surface area contributed by atoms with E-state index in [2.05, 4.69) is 15.5 Å². The first kappa shape index (κ1) is 11.4. The van der Waals surface area contributed by atoms with Crippen LogP contribution < -0.4 is 5.32 Å². The van der Waals surface area contributed by atoms with Crippen LogP contribution in [0.5, 0.6) is 0 Å². The van der Waals surface area contributed by atoms with Crippen molar-refractivity contribution in [1.82, 2.24) is 10.2 Å². The second kappa shape index (κ2) is 4.08. The highest BCUT2D eigenvalue weighted by molar-refractivity contribution is 6.04. The van der Waals surface area contributed by atoms with Crippen LogP contribution in [0.25, 0.3) is 0 Å². The summed E-state index contributed by atoms with van der Waals surface area (Å²) in [6.45, 7) is 7.39. The Morgan fingerprint density at radius 1 is 1.35 bits per heavy atom. The molecule has 0 aliphatic heterocycles. The fourth-order valence-corrected chi connectivity index (χ4v) is 1.64. The van der Waals surface area contributed by atoms with Crippen molar-refractivity contribution in [3.05, 3.63) is 34.4 Å². The Labute approximate surface area is 99.2 Å². The number of nitrogens with one attached hydrogen (secondary N) is 2. The van der Waals surface area contributed by atoms with E-state index in [-0.39, 0.29) is 5.91 Å². The van der Waals surface area contributed by atoms with Gasteiger partial charge in [-0.3, -0.25) is 9.89 Å². The number of nitrogens with zero attached hydrogens (tertiary/aromatic N) is 1. The van der Waals surface area contributed by atoms with Crippen LogP contribution in [0.15, 0.2) is 10.5 Å². The summed E-state index contributed by atoms with van der Waals surface area (Å²) in [5.74, 6) is 1.70. The van der Waals surface area contributed by atoms with E-state index in [0.717, 1.165) is 17.0 Å². The lowest BCUT2D eigenvalue weighted by atomic mass is 10.2. The maximum absolute atomic E-state index is 12.0. The summed E-state index contributed by atoms with van der Waals surface area (Å²) >= 11 is 0. The first-order chi connectivity index (χ1) is 7.99. The molecule has 0 spiro atoms. The van der Waals surface area contributed by atoms with Crippen molar-refractivity contribution >= 4 is 11.7 Å². The molecular formula is C12H15N3O2. The van der Waals surface area contributed by atoms with Gasteiger partial charge in [0.05, 0.1) is 5.56 Å². The number of aromatic amines is 1. The van der Waals surface area contributed by atoms with E-state index in [4.69, 9.17) is 4.42 Å². The Kier molecular flexibility index (Phi) is 2.75. The molecule has 2 heterocycles. The molecule has 5 heteroatoms. The summed E-state index contributed by atoms with van der Waals surface area (Å²) in [4.78, 5) is 12.0. The van der Waals surface area contributed by atoms with E-state index in [1.807, 2.05) is 20.8 Å². The number of hydrogen-bond donors (Lipinski definition) is 2. The van der Waals surface area contributed by atoms with Gasteiger partial charge < -0.3 is 9.73 Å². The highest BCUT2D eigenvalue weighted by Crippen LogP contribution is 2.18. The first-order valence-corrected chi connectivity index (χ1v) is 5.39. The molecule has 0 radical (unpaired) electrons. The smallest absolute Gasteiger partial charge is 0.260 e. The van der Waals surface area contributed by atoms with Crippen LogP contribution >= 0.6 is 0 Å². The van der Waals surface area contributed by atoms with Gasteiger partial charge in [-0.1, -0.05) is 0 Å². The summed E-state index contributed by atoms with van der Waals surface area (Å²) in [7, 11) is 0. The predicted molar refractivity (Wildman–Crippen MR) is 64.2 cm³/mol. The molecule has 0 saturated heterocycles. The lowest BCUT2D eigenvalue weighted by Crippen LogP contribution is -2.13. The third kappa shape index (κ3) is 2.08. The number of anilines is 1. The van der Waals surface area contributed by atoms with Gasteiger partial charge in [-0.05, 0) is 33.8 Å². The monoisotopic (exact) mass is 233 g/mol. The van der Waals surface area contributed by atoms with E-state index in [1.165, 1.54) is 0 Å². The molecule has 2 aromatic heterocycles. The molecule has 2 aromatic rings. The summed E-state index contributed by atoms with van der Waals surface area (Å²) in [6.07, 6.45) is 0. The van der Waals surface area contributed by atoms with Crippen molar-refractivity contribution < 1.29 is 9.21 Å². The Balaban J connectivity index is 2.23. The van der Waals surface area contributed by atoms with Crippen molar-refractivity contribution in [1.29, 1.82) is 0 Å². The summed E-state index contributed by atoms with van der Waals surface area (Å²) in [5, 5.41) is 9.62.